The van der Waals surface area contributed by atoms with Crippen molar-refractivity contribution >= 4 is 10.0 Å². The van der Waals surface area contributed by atoms with Crippen molar-refractivity contribution in [3.8, 4) is 0 Å². The first-order chi connectivity index (χ1) is 8.01. The first-order valence-corrected chi connectivity index (χ1v) is 7.93. The lowest BCUT2D eigenvalue weighted by Gasteiger charge is -2.22. The summed E-state index contributed by atoms with van der Waals surface area (Å²) in [4.78, 5) is 2.27. The summed E-state index contributed by atoms with van der Waals surface area (Å²) >= 11 is 0. The average molecular weight is 266 g/mol. The molecule has 0 aliphatic carbocycles. The van der Waals surface area contributed by atoms with Crippen LogP contribution in [0.5, 0.6) is 0 Å². The van der Waals surface area contributed by atoms with E-state index in [1.165, 1.54) is 4.31 Å². The lowest BCUT2D eigenvalue weighted by Crippen LogP contribution is -2.36. The van der Waals surface area contributed by atoms with Crippen molar-refractivity contribution in [3.05, 3.63) is 0 Å². The van der Waals surface area contributed by atoms with Crippen LogP contribution < -0.4 is 0 Å². The Balaban J connectivity index is 4.15. The van der Waals surface area contributed by atoms with Crippen molar-refractivity contribution in [3.63, 3.8) is 0 Å². The Labute approximate surface area is 105 Å². The van der Waals surface area contributed by atoms with E-state index in [0.29, 0.717) is 13.1 Å². The zero-order valence-corrected chi connectivity index (χ0v) is 12.0. The van der Waals surface area contributed by atoms with Crippen LogP contribution in [-0.4, -0.2) is 67.8 Å². The lowest BCUT2D eigenvalue weighted by atomic mass is 10.3. The Morgan fingerprint density at radius 2 is 1.59 bits per heavy atom. The quantitative estimate of drug-likeness (QED) is 0.620. The highest BCUT2D eigenvalue weighted by Gasteiger charge is 2.19. The number of hydrogen-bond acceptors (Lipinski definition) is 4. The minimum Gasteiger partial charge on any atom is -0.395 e. The molecule has 1 N–H and O–H groups in total. The third-order valence-electron chi connectivity index (χ3n) is 2.87. The summed E-state index contributed by atoms with van der Waals surface area (Å²) in [5, 5.41) is 8.72. The average Bonchev–Trinajstić information content (AvgIpc) is 2.29. The van der Waals surface area contributed by atoms with E-state index in [1.54, 1.807) is 0 Å². The maximum absolute atomic E-state index is 11.7. The first-order valence-electron chi connectivity index (χ1n) is 6.32. The van der Waals surface area contributed by atoms with Crippen LogP contribution in [0.25, 0.3) is 0 Å². The van der Waals surface area contributed by atoms with Crippen LogP contribution in [0, 0.1) is 0 Å². The van der Waals surface area contributed by atoms with Gasteiger partial charge in [0.25, 0.3) is 0 Å². The predicted molar refractivity (Wildman–Crippen MR) is 70.5 cm³/mol. The van der Waals surface area contributed by atoms with Gasteiger partial charge in [0, 0.05) is 13.1 Å². The van der Waals surface area contributed by atoms with Crippen molar-refractivity contribution < 1.29 is 13.5 Å². The van der Waals surface area contributed by atoms with Gasteiger partial charge in [0.1, 0.15) is 0 Å². The monoisotopic (exact) mass is 266 g/mol. The smallest absolute Gasteiger partial charge is 0.216 e. The topological polar surface area (TPSA) is 60.9 Å². The highest BCUT2D eigenvalue weighted by atomic mass is 32.2. The molecule has 0 fully saturated rings. The molecule has 0 spiro atoms. The third kappa shape index (κ3) is 6.35. The van der Waals surface area contributed by atoms with Gasteiger partial charge >= 0.3 is 0 Å². The Hall–Kier alpha value is -0.170. The predicted octanol–water partition coefficient (Wildman–Crippen LogP) is 0.362. The number of nitrogens with zero attached hydrogens (tertiary/aromatic N) is 2. The molecular formula is C11H26N2O3S. The molecule has 0 amide bonds. The number of aliphatic hydroxyl groups is 1. The molecule has 0 heterocycles. The molecule has 0 atom stereocenters. The lowest BCUT2D eigenvalue weighted by molar-refractivity contribution is 0.283. The Kier molecular flexibility index (Phi) is 8.77. The molecule has 5 nitrogen and oxygen atoms in total. The van der Waals surface area contributed by atoms with Crippen LogP contribution in [0.1, 0.15) is 27.2 Å². The fraction of sp³-hybridized carbons (Fsp3) is 1.00. The van der Waals surface area contributed by atoms with Crippen LogP contribution in [-0.2, 0) is 10.0 Å². The van der Waals surface area contributed by atoms with Gasteiger partial charge < -0.3 is 10.0 Å². The van der Waals surface area contributed by atoms with Crippen molar-refractivity contribution in [2.75, 3.05) is 45.1 Å². The van der Waals surface area contributed by atoms with Crippen molar-refractivity contribution in [2.45, 2.75) is 27.2 Å². The Bertz CT molecular complexity index is 276. The minimum atomic E-state index is -3.27. The van der Waals surface area contributed by atoms with Gasteiger partial charge in [0.05, 0.1) is 12.4 Å². The molecule has 17 heavy (non-hydrogen) atoms. The normalized spacial score (nSPS) is 12.6. The van der Waals surface area contributed by atoms with Crippen molar-refractivity contribution in [1.82, 2.24) is 9.21 Å². The van der Waals surface area contributed by atoms with E-state index in [2.05, 4.69) is 18.7 Å². The minimum absolute atomic E-state index is 0.174. The van der Waals surface area contributed by atoms with E-state index in [9.17, 15) is 8.42 Å². The molecule has 0 saturated heterocycles. The molecule has 0 rings (SSSR count). The van der Waals surface area contributed by atoms with E-state index in [1.807, 2.05) is 6.92 Å². The largest absolute Gasteiger partial charge is 0.395 e. The van der Waals surface area contributed by atoms with Crippen LogP contribution in [0.3, 0.4) is 0 Å². The van der Waals surface area contributed by atoms with E-state index >= 15 is 0 Å². The van der Waals surface area contributed by atoms with E-state index in [-0.39, 0.29) is 12.4 Å². The maximum atomic E-state index is 11.7. The van der Waals surface area contributed by atoms with Gasteiger partial charge in [-0.2, -0.15) is 0 Å². The molecule has 0 saturated carbocycles. The van der Waals surface area contributed by atoms with Crippen LogP contribution in [0.15, 0.2) is 0 Å². The summed E-state index contributed by atoms with van der Waals surface area (Å²) in [7, 11) is -3.27. The highest BCUT2D eigenvalue weighted by molar-refractivity contribution is 7.89. The molecule has 0 aliphatic heterocycles. The molecule has 0 aromatic rings. The van der Waals surface area contributed by atoms with E-state index in [0.717, 1.165) is 26.1 Å². The van der Waals surface area contributed by atoms with Gasteiger partial charge in [-0.05, 0) is 26.1 Å². The van der Waals surface area contributed by atoms with Gasteiger partial charge in [0.2, 0.25) is 10.0 Å². The molecule has 0 aromatic carbocycles. The van der Waals surface area contributed by atoms with Crippen LogP contribution in [0.4, 0.5) is 0 Å². The van der Waals surface area contributed by atoms with Crippen LogP contribution >= 0.6 is 0 Å². The molecule has 0 unspecified atom stereocenters. The van der Waals surface area contributed by atoms with Gasteiger partial charge in [-0.25, -0.2) is 12.7 Å². The summed E-state index contributed by atoms with van der Waals surface area (Å²) in [6, 6.07) is 0. The standard InChI is InChI=1S/C11H26N2O3S/c1-4-12(5-2)8-7-9-13(6-3)17(15,16)11-10-14/h14H,4-11H2,1-3H3. The summed E-state index contributed by atoms with van der Waals surface area (Å²) in [6.07, 6.45) is 0.834. The Morgan fingerprint density at radius 3 is 2.00 bits per heavy atom. The van der Waals surface area contributed by atoms with Crippen LogP contribution in [0.2, 0.25) is 0 Å². The fourth-order valence-electron chi connectivity index (χ4n) is 1.75. The van der Waals surface area contributed by atoms with Gasteiger partial charge in [-0.1, -0.05) is 20.8 Å². The number of aliphatic hydroxyl groups excluding tert-OH is 1. The zero-order valence-electron chi connectivity index (χ0n) is 11.2. The molecule has 0 aromatic heterocycles. The molecule has 6 heteroatoms. The molecule has 0 aliphatic rings. The summed E-state index contributed by atoms with van der Waals surface area (Å²) in [6.45, 7) is 9.63. The zero-order chi connectivity index (χ0) is 13.3. The second-order valence-corrected chi connectivity index (χ2v) is 6.00. The number of sulfonamides is 1. The number of rotatable bonds is 10. The molecule has 0 bridgehead atoms. The first kappa shape index (κ1) is 16.8. The molecule has 0 radical (unpaired) electrons. The summed E-state index contributed by atoms with van der Waals surface area (Å²) in [5.41, 5.74) is 0. The second kappa shape index (κ2) is 8.85. The highest BCUT2D eigenvalue weighted by Crippen LogP contribution is 2.03. The molecular weight excluding hydrogens is 240 g/mol. The second-order valence-electron chi connectivity index (χ2n) is 3.91. The van der Waals surface area contributed by atoms with Crippen molar-refractivity contribution in [1.29, 1.82) is 0 Å². The Morgan fingerprint density at radius 1 is 1.00 bits per heavy atom. The van der Waals surface area contributed by atoms with Gasteiger partial charge in [0.15, 0.2) is 0 Å². The maximum Gasteiger partial charge on any atom is 0.216 e. The van der Waals surface area contributed by atoms with Gasteiger partial charge in [-0.3, -0.25) is 0 Å². The number of hydrogen-bond donors (Lipinski definition) is 1. The SMILES string of the molecule is CCN(CC)CCCN(CC)S(=O)(=O)CCO. The summed E-state index contributed by atoms with van der Waals surface area (Å²) < 4.78 is 24.9. The fourth-order valence-corrected chi connectivity index (χ4v) is 3.04. The molecule has 104 valence electrons. The van der Waals surface area contributed by atoms with E-state index in [4.69, 9.17) is 5.11 Å². The van der Waals surface area contributed by atoms with Crippen molar-refractivity contribution in [2.24, 2.45) is 0 Å². The third-order valence-corrected chi connectivity index (χ3v) is 4.80. The van der Waals surface area contributed by atoms with Gasteiger partial charge in [-0.15, -0.1) is 0 Å². The summed E-state index contributed by atoms with van der Waals surface area (Å²) in [5.74, 6) is -0.174. The van der Waals surface area contributed by atoms with E-state index < -0.39 is 10.0 Å².